The molecule has 27 heavy (non-hydrogen) atoms. The molecule has 2 aromatic rings. The Morgan fingerprint density at radius 2 is 1.67 bits per heavy atom. The molecule has 1 N–H and O–H groups in total. The zero-order valence-corrected chi connectivity index (χ0v) is 16.5. The Morgan fingerprint density at radius 1 is 1.04 bits per heavy atom. The van der Waals surface area contributed by atoms with Gasteiger partial charge in [0.1, 0.15) is 11.5 Å². The summed E-state index contributed by atoms with van der Waals surface area (Å²) in [6.45, 7) is 2.55. The zero-order chi connectivity index (χ0) is 19.6. The summed E-state index contributed by atoms with van der Waals surface area (Å²) in [5.74, 6) is 1.42. The van der Waals surface area contributed by atoms with Gasteiger partial charge in [0, 0.05) is 17.6 Å². The van der Waals surface area contributed by atoms with Gasteiger partial charge in [0.15, 0.2) is 0 Å². The number of carbonyl (C=O) groups excluding carboxylic acids is 2. The van der Waals surface area contributed by atoms with Crippen LogP contribution >= 0.6 is 11.8 Å². The quantitative estimate of drug-likeness (QED) is 0.668. The Morgan fingerprint density at radius 3 is 2.26 bits per heavy atom. The van der Waals surface area contributed by atoms with E-state index in [9.17, 15) is 9.59 Å². The molecule has 2 amide bonds. The number of benzene rings is 2. The maximum absolute atomic E-state index is 12.2. The summed E-state index contributed by atoms with van der Waals surface area (Å²) < 4.78 is 10.5. The summed E-state index contributed by atoms with van der Waals surface area (Å²) in [6.07, 6.45) is 0. The first kappa shape index (κ1) is 20.6. The molecule has 2 rings (SSSR count). The zero-order valence-electron chi connectivity index (χ0n) is 15.7. The van der Waals surface area contributed by atoms with Crippen LogP contribution in [0.15, 0.2) is 53.4 Å². The predicted molar refractivity (Wildman–Crippen MR) is 108 cm³/mol. The van der Waals surface area contributed by atoms with E-state index in [1.54, 1.807) is 38.4 Å². The highest BCUT2D eigenvalue weighted by Crippen LogP contribution is 2.21. The minimum absolute atomic E-state index is 0.00526. The van der Waals surface area contributed by atoms with Crippen molar-refractivity contribution in [2.45, 2.75) is 11.8 Å². The van der Waals surface area contributed by atoms with Crippen molar-refractivity contribution in [2.24, 2.45) is 0 Å². The van der Waals surface area contributed by atoms with Crippen molar-refractivity contribution in [3.63, 3.8) is 0 Å². The smallest absolute Gasteiger partial charge is 0.243 e. The minimum Gasteiger partial charge on any atom is -0.497 e. The van der Waals surface area contributed by atoms with E-state index in [-0.39, 0.29) is 24.1 Å². The summed E-state index contributed by atoms with van der Waals surface area (Å²) in [7, 11) is 3.20. The second-order valence-electron chi connectivity index (χ2n) is 5.72. The van der Waals surface area contributed by atoms with Crippen molar-refractivity contribution in [3.05, 3.63) is 48.5 Å². The normalized spacial score (nSPS) is 10.2. The van der Waals surface area contributed by atoms with Gasteiger partial charge in [0.25, 0.3) is 0 Å². The molecular weight excluding hydrogens is 364 g/mol. The van der Waals surface area contributed by atoms with E-state index in [1.165, 1.54) is 16.7 Å². The van der Waals surface area contributed by atoms with E-state index in [4.69, 9.17) is 9.47 Å². The van der Waals surface area contributed by atoms with Gasteiger partial charge < -0.3 is 19.7 Å². The van der Waals surface area contributed by atoms with Gasteiger partial charge in [0.05, 0.1) is 26.0 Å². The van der Waals surface area contributed by atoms with Crippen molar-refractivity contribution in [1.82, 2.24) is 4.90 Å². The number of nitrogens with zero attached hydrogens (tertiary/aromatic N) is 1. The SMILES string of the molecule is CCOc1ccc(SCC(=O)N(C)CC(=O)Nc2ccc(OC)cc2)cc1. The van der Waals surface area contributed by atoms with Crippen LogP contribution in [0.3, 0.4) is 0 Å². The molecule has 7 heteroatoms. The summed E-state index contributed by atoms with van der Waals surface area (Å²) in [5, 5.41) is 2.76. The largest absolute Gasteiger partial charge is 0.497 e. The molecule has 2 aromatic carbocycles. The fourth-order valence-electron chi connectivity index (χ4n) is 2.23. The fraction of sp³-hybridized carbons (Fsp3) is 0.300. The average Bonchev–Trinajstić information content (AvgIpc) is 2.68. The third-order valence-electron chi connectivity index (χ3n) is 3.68. The second-order valence-corrected chi connectivity index (χ2v) is 6.77. The van der Waals surface area contributed by atoms with Gasteiger partial charge >= 0.3 is 0 Å². The number of nitrogens with one attached hydrogen (secondary N) is 1. The van der Waals surface area contributed by atoms with Gasteiger partial charge in [-0.2, -0.15) is 0 Å². The first-order valence-corrected chi connectivity index (χ1v) is 9.54. The van der Waals surface area contributed by atoms with E-state index >= 15 is 0 Å². The van der Waals surface area contributed by atoms with Crippen LogP contribution in [0.5, 0.6) is 11.5 Å². The van der Waals surface area contributed by atoms with Gasteiger partial charge in [-0.05, 0) is 55.5 Å². The fourth-order valence-corrected chi connectivity index (χ4v) is 3.07. The maximum atomic E-state index is 12.2. The van der Waals surface area contributed by atoms with Gasteiger partial charge in [-0.3, -0.25) is 9.59 Å². The molecule has 0 atom stereocenters. The van der Waals surface area contributed by atoms with Crippen molar-refractivity contribution >= 4 is 29.3 Å². The summed E-state index contributed by atoms with van der Waals surface area (Å²) in [6, 6.07) is 14.6. The Kier molecular flexibility index (Phi) is 8.00. The third kappa shape index (κ3) is 6.86. The Hall–Kier alpha value is -2.67. The van der Waals surface area contributed by atoms with Crippen molar-refractivity contribution in [3.8, 4) is 11.5 Å². The highest BCUT2D eigenvalue weighted by atomic mass is 32.2. The number of hydrogen-bond acceptors (Lipinski definition) is 5. The number of thioether (sulfide) groups is 1. The van der Waals surface area contributed by atoms with Crippen LogP contribution in [-0.2, 0) is 9.59 Å². The molecule has 0 heterocycles. The Labute approximate surface area is 163 Å². The molecule has 0 saturated carbocycles. The van der Waals surface area contributed by atoms with Crippen LogP contribution in [0, 0.1) is 0 Å². The lowest BCUT2D eigenvalue weighted by atomic mass is 10.3. The van der Waals surface area contributed by atoms with Gasteiger partial charge in [-0.1, -0.05) is 0 Å². The molecule has 0 bridgehead atoms. The maximum Gasteiger partial charge on any atom is 0.243 e. The van der Waals surface area contributed by atoms with Crippen LogP contribution in [0.1, 0.15) is 6.92 Å². The third-order valence-corrected chi connectivity index (χ3v) is 4.67. The lowest BCUT2D eigenvalue weighted by Crippen LogP contribution is -2.35. The highest BCUT2D eigenvalue weighted by Gasteiger charge is 2.13. The number of likely N-dealkylation sites (N-methyl/N-ethyl adjacent to an activating group) is 1. The molecule has 6 nitrogen and oxygen atoms in total. The molecule has 0 fully saturated rings. The molecule has 0 aliphatic carbocycles. The van der Waals surface area contributed by atoms with Gasteiger partial charge in [-0.25, -0.2) is 0 Å². The molecule has 144 valence electrons. The Bertz CT molecular complexity index is 748. The lowest BCUT2D eigenvalue weighted by molar-refractivity contribution is -0.131. The average molecular weight is 388 g/mol. The molecule has 0 saturated heterocycles. The predicted octanol–water partition coefficient (Wildman–Crippen LogP) is 3.28. The van der Waals surface area contributed by atoms with E-state index in [0.29, 0.717) is 18.0 Å². The van der Waals surface area contributed by atoms with Crippen molar-refractivity contribution < 1.29 is 19.1 Å². The standard InChI is InChI=1S/C20H24N2O4S/c1-4-26-17-9-11-18(12-10-17)27-14-20(24)22(2)13-19(23)21-15-5-7-16(25-3)8-6-15/h5-12H,4,13-14H2,1-3H3,(H,21,23). The molecule has 0 aromatic heterocycles. The van der Waals surface area contributed by atoms with E-state index in [1.807, 2.05) is 31.2 Å². The highest BCUT2D eigenvalue weighted by molar-refractivity contribution is 8.00. The summed E-state index contributed by atoms with van der Waals surface area (Å²) in [5.41, 5.74) is 0.658. The van der Waals surface area contributed by atoms with Crippen LogP contribution in [0.2, 0.25) is 0 Å². The first-order valence-electron chi connectivity index (χ1n) is 8.55. The first-order chi connectivity index (χ1) is 13.0. The molecule has 0 radical (unpaired) electrons. The van der Waals surface area contributed by atoms with E-state index in [0.717, 1.165) is 10.6 Å². The van der Waals surface area contributed by atoms with Crippen molar-refractivity contribution in [1.29, 1.82) is 0 Å². The van der Waals surface area contributed by atoms with Gasteiger partial charge in [0.2, 0.25) is 11.8 Å². The molecular formula is C20H24N2O4S. The number of rotatable bonds is 9. The van der Waals surface area contributed by atoms with Crippen LogP contribution in [0.25, 0.3) is 0 Å². The number of ether oxygens (including phenoxy) is 2. The van der Waals surface area contributed by atoms with Crippen LogP contribution < -0.4 is 14.8 Å². The van der Waals surface area contributed by atoms with Gasteiger partial charge in [-0.15, -0.1) is 11.8 Å². The van der Waals surface area contributed by atoms with E-state index < -0.39 is 0 Å². The van der Waals surface area contributed by atoms with Crippen molar-refractivity contribution in [2.75, 3.05) is 38.4 Å². The van der Waals surface area contributed by atoms with Crippen LogP contribution in [0.4, 0.5) is 5.69 Å². The molecule has 0 unspecified atom stereocenters. The molecule has 0 aliphatic rings. The van der Waals surface area contributed by atoms with E-state index in [2.05, 4.69) is 5.32 Å². The summed E-state index contributed by atoms with van der Waals surface area (Å²) in [4.78, 5) is 26.7. The number of carbonyl (C=O) groups is 2. The minimum atomic E-state index is -0.248. The topological polar surface area (TPSA) is 67.9 Å². The summed E-state index contributed by atoms with van der Waals surface area (Å²) >= 11 is 1.43. The lowest BCUT2D eigenvalue weighted by Gasteiger charge is -2.17. The number of anilines is 1. The Balaban J connectivity index is 1.77. The van der Waals surface area contributed by atoms with Crippen LogP contribution in [-0.4, -0.2) is 49.8 Å². The monoisotopic (exact) mass is 388 g/mol. The molecule has 0 aliphatic heterocycles. The second kappa shape index (κ2) is 10.5. The number of methoxy groups -OCH3 is 1. The molecule has 0 spiro atoms. The number of amides is 2. The number of hydrogen-bond donors (Lipinski definition) is 1.